The normalized spacial score (nSPS) is 23.8. The Kier molecular flexibility index (Phi) is 5.67. The quantitative estimate of drug-likeness (QED) is 0.651. The molecular weight excluding hydrogens is 318 g/mol. The molecule has 1 aromatic heterocycles. The van der Waals surface area contributed by atoms with E-state index in [1.54, 1.807) is 0 Å². The van der Waals surface area contributed by atoms with Gasteiger partial charge in [0.2, 0.25) is 5.95 Å². The first-order chi connectivity index (χ1) is 11.6. The van der Waals surface area contributed by atoms with Crippen LogP contribution in [-0.2, 0) is 0 Å². The van der Waals surface area contributed by atoms with Gasteiger partial charge >= 0.3 is 0 Å². The summed E-state index contributed by atoms with van der Waals surface area (Å²) in [4.78, 5) is 20.3. The molecule has 0 aliphatic heterocycles. The molecule has 0 bridgehead atoms. The third-order valence-corrected chi connectivity index (χ3v) is 4.72. The summed E-state index contributed by atoms with van der Waals surface area (Å²) < 4.78 is 0. The molecule has 1 fully saturated rings. The van der Waals surface area contributed by atoms with Crippen LogP contribution in [0.2, 0.25) is 0 Å². The molecule has 3 atom stereocenters. The second-order valence-corrected chi connectivity index (χ2v) is 7.87. The van der Waals surface area contributed by atoms with Crippen LogP contribution in [0.3, 0.4) is 0 Å². The molecule has 7 heteroatoms. The number of carbonyl (C=O) groups is 1. The molecular formula is C18H29N5O2. The van der Waals surface area contributed by atoms with Gasteiger partial charge in [-0.25, -0.2) is 4.98 Å². The number of rotatable bonds is 5. The molecule has 1 amide bonds. The number of aromatic nitrogens is 2. The molecule has 0 unspecified atom stereocenters. The second-order valence-electron chi connectivity index (χ2n) is 7.87. The second kappa shape index (κ2) is 7.39. The Hall–Kier alpha value is -2.15. The first-order valence-corrected chi connectivity index (χ1v) is 8.65. The summed E-state index contributed by atoms with van der Waals surface area (Å²) in [5, 5.41) is 16.4. The van der Waals surface area contributed by atoms with Crippen molar-refractivity contribution in [2.24, 2.45) is 17.1 Å². The van der Waals surface area contributed by atoms with Crippen LogP contribution < -0.4 is 16.4 Å². The van der Waals surface area contributed by atoms with Crippen molar-refractivity contribution in [2.75, 3.05) is 10.6 Å². The van der Waals surface area contributed by atoms with E-state index in [-0.39, 0.29) is 29.0 Å². The van der Waals surface area contributed by atoms with E-state index >= 15 is 0 Å². The lowest BCUT2D eigenvalue weighted by molar-refractivity contribution is 0.0739. The average molecular weight is 347 g/mol. The van der Waals surface area contributed by atoms with E-state index < -0.39 is 5.91 Å². The highest BCUT2D eigenvalue weighted by atomic mass is 16.3. The maximum absolute atomic E-state index is 11.7. The SMILES string of the molecule is C=C(Nc1ncc(C(N)=O)c(N[C@@H]2CC[C@@H](C)[C@H](O)C2)n1)C(C)(C)C. The summed E-state index contributed by atoms with van der Waals surface area (Å²) in [6, 6.07) is 0.0397. The highest BCUT2D eigenvalue weighted by Gasteiger charge is 2.27. The van der Waals surface area contributed by atoms with Crippen molar-refractivity contribution < 1.29 is 9.90 Å². The molecule has 5 N–H and O–H groups in total. The Bertz CT molecular complexity index is 653. The third-order valence-electron chi connectivity index (χ3n) is 4.72. The fraction of sp³-hybridized carbons (Fsp3) is 0.611. The third kappa shape index (κ3) is 4.92. The number of hydrogen-bond donors (Lipinski definition) is 4. The summed E-state index contributed by atoms with van der Waals surface area (Å²) in [6.45, 7) is 12.1. The zero-order valence-corrected chi connectivity index (χ0v) is 15.5. The Labute approximate surface area is 149 Å². The Morgan fingerprint density at radius 2 is 2.08 bits per heavy atom. The maximum atomic E-state index is 11.7. The number of anilines is 2. The maximum Gasteiger partial charge on any atom is 0.254 e. The number of allylic oxidation sites excluding steroid dienone is 1. The number of hydrogen-bond acceptors (Lipinski definition) is 6. The predicted molar refractivity (Wildman–Crippen MR) is 99.2 cm³/mol. The van der Waals surface area contributed by atoms with Crippen LogP contribution >= 0.6 is 0 Å². The molecule has 7 nitrogen and oxygen atoms in total. The van der Waals surface area contributed by atoms with E-state index in [2.05, 4.69) is 27.2 Å². The molecule has 25 heavy (non-hydrogen) atoms. The molecule has 1 aliphatic carbocycles. The van der Waals surface area contributed by atoms with Gasteiger partial charge in [0, 0.05) is 23.4 Å². The van der Waals surface area contributed by atoms with Gasteiger partial charge in [-0.15, -0.1) is 0 Å². The summed E-state index contributed by atoms with van der Waals surface area (Å²) in [6.07, 6.45) is 3.49. The van der Waals surface area contributed by atoms with Gasteiger partial charge < -0.3 is 21.5 Å². The lowest BCUT2D eigenvalue weighted by Crippen LogP contribution is -2.35. The smallest absolute Gasteiger partial charge is 0.254 e. The molecule has 0 saturated heterocycles. The van der Waals surface area contributed by atoms with Crippen LogP contribution in [0.4, 0.5) is 11.8 Å². The number of nitrogens with two attached hydrogens (primary N) is 1. The van der Waals surface area contributed by atoms with Crippen LogP contribution in [-0.4, -0.2) is 33.1 Å². The number of nitrogens with zero attached hydrogens (tertiary/aromatic N) is 2. The minimum absolute atomic E-state index is 0.0397. The van der Waals surface area contributed by atoms with Crippen LogP contribution in [0.25, 0.3) is 0 Å². The highest BCUT2D eigenvalue weighted by Crippen LogP contribution is 2.28. The summed E-state index contributed by atoms with van der Waals surface area (Å²) in [5.41, 5.74) is 6.30. The van der Waals surface area contributed by atoms with Gasteiger partial charge in [0.25, 0.3) is 5.91 Å². The van der Waals surface area contributed by atoms with Crippen molar-refractivity contribution in [1.29, 1.82) is 0 Å². The van der Waals surface area contributed by atoms with E-state index in [9.17, 15) is 9.90 Å². The number of aliphatic hydroxyl groups is 1. The zero-order valence-electron chi connectivity index (χ0n) is 15.5. The van der Waals surface area contributed by atoms with Gasteiger partial charge in [0.05, 0.1) is 11.7 Å². The summed E-state index contributed by atoms with van der Waals surface area (Å²) >= 11 is 0. The lowest BCUT2D eigenvalue weighted by Gasteiger charge is -2.32. The molecule has 138 valence electrons. The van der Waals surface area contributed by atoms with Crippen LogP contribution in [0.1, 0.15) is 57.3 Å². The molecule has 0 radical (unpaired) electrons. The minimum Gasteiger partial charge on any atom is -0.393 e. The van der Waals surface area contributed by atoms with Gasteiger partial charge in [-0.2, -0.15) is 4.98 Å². The summed E-state index contributed by atoms with van der Waals surface area (Å²) in [7, 11) is 0. The van der Waals surface area contributed by atoms with Crippen molar-refractivity contribution in [3.8, 4) is 0 Å². The summed E-state index contributed by atoms with van der Waals surface area (Å²) in [5.74, 6) is 0.440. The minimum atomic E-state index is -0.589. The average Bonchev–Trinajstić information content (AvgIpc) is 2.50. The standard InChI is InChI=1S/C18H29N5O2/c1-10-6-7-12(8-14(10)24)22-16-13(15(19)25)9-20-17(23-16)21-11(2)18(3,4)5/h9-10,12,14,24H,2,6-8H2,1,3-5H3,(H2,19,25)(H2,20,21,22,23)/t10-,12-,14-/m1/s1. The Balaban J connectivity index is 2.20. The van der Waals surface area contributed by atoms with Crippen molar-refractivity contribution in [2.45, 2.75) is 59.1 Å². The van der Waals surface area contributed by atoms with Gasteiger partial charge in [-0.3, -0.25) is 4.79 Å². The van der Waals surface area contributed by atoms with Crippen LogP contribution in [0.5, 0.6) is 0 Å². The number of carbonyl (C=O) groups excluding carboxylic acids is 1. The van der Waals surface area contributed by atoms with E-state index in [4.69, 9.17) is 5.73 Å². The van der Waals surface area contributed by atoms with E-state index in [1.165, 1.54) is 6.20 Å². The van der Waals surface area contributed by atoms with E-state index in [0.29, 0.717) is 18.2 Å². The van der Waals surface area contributed by atoms with Crippen molar-refractivity contribution in [3.63, 3.8) is 0 Å². The molecule has 1 aliphatic rings. The Morgan fingerprint density at radius 3 is 2.64 bits per heavy atom. The van der Waals surface area contributed by atoms with E-state index in [1.807, 2.05) is 27.7 Å². The monoisotopic (exact) mass is 347 g/mol. The zero-order chi connectivity index (χ0) is 18.8. The topological polar surface area (TPSA) is 113 Å². The van der Waals surface area contributed by atoms with E-state index in [0.717, 1.165) is 18.5 Å². The molecule has 1 saturated carbocycles. The Morgan fingerprint density at radius 1 is 1.40 bits per heavy atom. The molecule has 1 aromatic rings. The molecule has 0 aromatic carbocycles. The van der Waals surface area contributed by atoms with Crippen LogP contribution in [0.15, 0.2) is 18.5 Å². The van der Waals surface area contributed by atoms with Gasteiger partial charge in [0.1, 0.15) is 5.82 Å². The first kappa shape index (κ1) is 19.2. The molecule has 0 spiro atoms. The largest absolute Gasteiger partial charge is 0.393 e. The van der Waals surface area contributed by atoms with Crippen molar-refractivity contribution in [1.82, 2.24) is 9.97 Å². The first-order valence-electron chi connectivity index (χ1n) is 8.65. The van der Waals surface area contributed by atoms with Gasteiger partial charge in [-0.1, -0.05) is 34.3 Å². The van der Waals surface area contributed by atoms with Crippen molar-refractivity contribution >= 4 is 17.7 Å². The van der Waals surface area contributed by atoms with Crippen molar-refractivity contribution in [3.05, 3.63) is 24.0 Å². The number of primary amides is 1. The van der Waals surface area contributed by atoms with Gasteiger partial charge in [0.15, 0.2) is 0 Å². The lowest BCUT2D eigenvalue weighted by atomic mass is 9.85. The fourth-order valence-electron chi connectivity index (χ4n) is 2.68. The van der Waals surface area contributed by atoms with Crippen LogP contribution in [0, 0.1) is 11.3 Å². The van der Waals surface area contributed by atoms with Gasteiger partial charge in [-0.05, 0) is 25.2 Å². The number of amides is 1. The molecule has 1 heterocycles. The number of nitrogens with one attached hydrogen (secondary N) is 2. The predicted octanol–water partition coefficient (Wildman–Crippen LogP) is 2.51. The molecule has 2 rings (SSSR count). The number of aliphatic hydroxyl groups excluding tert-OH is 1. The fourth-order valence-corrected chi connectivity index (χ4v) is 2.68. The highest BCUT2D eigenvalue weighted by molar-refractivity contribution is 5.97.